The second kappa shape index (κ2) is 24.2. The van der Waals surface area contributed by atoms with E-state index in [1.807, 2.05) is 11.9 Å². The number of nitrogens with one attached hydrogen (secondary N) is 2. The first-order valence-electron chi connectivity index (χ1n) is 20.7. The van der Waals surface area contributed by atoms with Crippen molar-refractivity contribution in [3.8, 4) is 23.0 Å². The highest BCUT2D eigenvalue weighted by Crippen LogP contribution is 2.41. The summed E-state index contributed by atoms with van der Waals surface area (Å²) < 4.78 is 59.2. The molecule has 60 heavy (non-hydrogen) atoms. The van der Waals surface area contributed by atoms with Crippen LogP contribution in [0.4, 0.5) is 30.2 Å². The van der Waals surface area contributed by atoms with Crippen LogP contribution in [-0.2, 0) is 15.8 Å². The number of hydrogen-bond acceptors (Lipinski definition) is 11. The first kappa shape index (κ1) is 47.6. The molecular weight excluding hydrogens is 776 g/mol. The minimum absolute atomic E-state index is 0.210. The van der Waals surface area contributed by atoms with Crippen LogP contribution in [0.1, 0.15) is 57.4 Å². The van der Waals surface area contributed by atoms with Gasteiger partial charge in [0.05, 0.1) is 25.3 Å². The second-order valence-electron chi connectivity index (χ2n) is 15.0. The van der Waals surface area contributed by atoms with E-state index in [-0.39, 0.29) is 12.1 Å². The zero-order valence-corrected chi connectivity index (χ0v) is 35.6. The van der Waals surface area contributed by atoms with Gasteiger partial charge in [-0.2, -0.15) is 13.2 Å². The lowest BCUT2D eigenvalue weighted by atomic mass is 9.99. The van der Waals surface area contributed by atoms with Crippen LogP contribution in [0.25, 0.3) is 10.9 Å². The summed E-state index contributed by atoms with van der Waals surface area (Å²) in [5.74, 6) is 2.50. The first-order chi connectivity index (χ1) is 29.0. The Hall–Kier alpha value is -5.12. The minimum atomic E-state index is -4.48. The summed E-state index contributed by atoms with van der Waals surface area (Å²) in [6.45, 7) is 9.30. The van der Waals surface area contributed by atoms with Gasteiger partial charge in [0, 0.05) is 65.8 Å². The normalized spacial score (nSPS) is 16.5. The molecule has 0 radical (unpaired) electrons. The number of aromatic nitrogens is 1. The fourth-order valence-corrected chi connectivity index (χ4v) is 7.45. The number of likely N-dealkylation sites (tertiary alicyclic amines) is 2. The van der Waals surface area contributed by atoms with E-state index in [0.29, 0.717) is 64.9 Å². The van der Waals surface area contributed by atoms with Gasteiger partial charge < -0.3 is 50.1 Å². The van der Waals surface area contributed by atoms with Crippen molar-refractivity contribution in [3.05, 3.63) is 72.4 Å². The molecule has 0 saturated carbocycles. The molecule has 3 aliphatic heterocycles. The Bertz CT molecular complexity index is 1910. The highest BCUT2D eigenvalue weighted by molar-refractivity contribution is 5.88. The van der Waals surface area contributed by atoms with Crippen molar-refractivity contribution in [1.29, 1.82) is 0 Å². The molecule has 1 amide bonds. The third kappa shape index (κ3) is 14.3. The Morgan fingerprint density at radius 3 is 2.05 bits per heavy atom. The number of pyridine rings is 1. The van der Waals surface area contributed by atoms with Crippen molar-refractivity contribution in [3.63, 3.8) is 0 Å². The van der Waals surface area contributed by atoms with Gasteiger partial charge in [0.1, 0.15) is 17.8 Å². The van der Waals surface area contributed by atoms with Crippen LogP contribution in [-0.4, -0.2) is 108 Å². The standard InChI is InChI=1S/C30H31F3N4O3.C8H15NO.C6H13N.CH3NO/c1-34-19-10-13-37(14-11-19)26-8-7-21(16-24(26)30(31,32)33)36-20-5-4-6-22(15-20)40-27-9-12-35-25-18-29(39-3)28(38-2)17-23(25)27;1-2-9-5-3-8(7-10)4-6-9;1-7-5-3-2-4-6-7;2-1-3/h4-9,12,15-19,34,36H,10-11,13-14H2,1-3H3;7-8H,2-6H2,1H3;2-6H2,1H3;1H,(H2,2,3). The molecule has 0 unspecified atom stereocenters. The number of hydrogen-bond donors (Lipinski definition) is 3. The molecule has 15 heteroatoms. The average molecular weight is 838 g/mol. The van der Waals surface area contributed by atoms with Gasteiger partial charge in [-0.05, 0) is 128 Å². The van der Waals surface area contributed by atoms with Gasteiger partial charge >= 0.3 is 6.18 Å². The molecule has 4 heterocycles. The molecule has 7 rings (SSSR count). The molecule has 0 aliphatic carbocycles. The van der Waals surface area contributed by atoms with Crippen LogP contribution >= 0.6 is 0 Å². The highest BCUT2D eigenvalue weighted by atomic mass is 19.4. The van der Waals surface area contributed by atoms with Crippen molar-refractivity contribution in [1.82, 2.24) is 20.1 Å². The third-order valence-corrected chi connectivity index (χ3v) is 11.0. The fourth-order valence-electron chi connectivity index (χ4n) is 7.45. The number of carbonyl (C=O) groups is 2. The van der Waals surface area contributed by atoms with Gasteiger partial charge in [0.2, 0.25) is 6.41 Å². The number of nitrogens with zero attached hydrogens (tertiary/aromatic N) is 4. The molecule has 0 bridgehead atoms. The number of halogens is 3. The van der Waals surface area contributed by atoms with E-state index < -0.39 is 11.7 Å². The largest absolute Gasteiger partial charge is 0.493 e. The van der Waals surface area contributed by atoms with Crippen LogP contribution in [0.5, 0.6) is 23.0 Å². The number of ether oxygens (including phenoxy) is 3. The predicted octanol–water partition coefficient (Wildman–Crippen LogP) is 8.12. The minimum Gasteiger partial charge on any atom is -0.493 e. The van der Waals surface area contributed by atoms with E-state index in [2.05, 4.69) is 45.1 Å². The third-order valence-electron chi connectivity index (χ3n) is 11.0. The molecule has 3 aliphatic rings. The predicted molar refractivity (Wildman–Crippen MR) is 233 cm³/mol. The lowest BCUT2D eigenvalue weighted by molar-refractivity contribution is -0.137. The van der Waals surface area contributed by atoms with Crippen LogP contribution < -0.4 is 35.5 Å². The Morgan fingerprint density at radius 1 is 0.833 bits per heavy atom. The molecule has 328 valence electrons. The number of nitrogens with two attached hydrogens (primary N) is 1. The Balaban J connectivity index is 0.000000323. The smallest absolute Gasteiger partial charge is 0.418 e. The maximum atomic E-state index is 14.1. The van der Waals surface area contributed by atoms with Crippen LogP contribution in [0.15, 0.2) is 66.9 Å². The van der Waals surface area contributed by atoms with E-state index in [1.54, 1.807) is 75.0 Å². The molecule has 3 saturated heterocycles. The lowest BCUT2D eigenvalue weighted by Crippen LogP contribution is -2.41. The maximum absolute atomic E-state index is 14.1. The monoisotopic (exact) mass is 837 g/mol. The summed E-state index contributed by atoms with van der Waals surface area (Å²) in [6, 6.07) is 17.1. The average Bonchev–Trinajstić information content (AvgIpc) is 3.27. The summed E-state index contributed by atoms with van der Waals surface area (Å²) in [5.41, 5.74) is 5.32. The van der Waals surface area contributed by atoms with Gasteiger partial charge in [-0.3, -0.25) is 9.78 Å². The van der Waals surface area contributed by atoms with Gasteiger partial charge in [-0.25, -0.2) is 0 Å². The number of rotatable bonds is 10. The summed E-state index contributed by atoms with van der Waals surface area (Å²) in [4.78, 5) is 29.9. The van der Waals surface area contributed by atoms with E-state index in [0.717, 1.165) is 57.0 Å². The number of alkyl halides is 3. The topological polar surface area (TPSA) is 135 Å². The molecule has 12 nitrogen and oxygen atoms in total. The number of benzene rings is 3. The van der Waals surface area contributed by atoms with E-state index >= 15 is 0 Å². The molecule has 0 spiro atoms. The number of primary amides is 1. The molecule has 3 aromatic carbocycles. The molecule has 4 aromatic rings. The Kier molecular flexibility index (Phi) is 19.2. The molecule has 4 N–H and O–H groups in total. The van der Waals surface area contributed by atoms with E-state index in [1.165, 1.54) is 38.4 Å². The van der Waals surface area contributed by atoms with Crippen molar-refractivity contribution in [2.24, 2.45) is 11.7 Å². The number of methoxy groups -OCH3 is 2. The fraction of sp³-hybridized carbons (Fsp3) is 0.489. The number of amides is 1. The quantitative estimate of drug-likeness (QED) is 0.134. The molecule has 0 atom stereocenters. The highest BCUT2D eigenvalue weighted by Gasteiger charge is 2.36. The van der Waals surface area contributed by atoms with Gasteiger partial charge in [-0.15, -0.1) is 0 Å². The van der Waals surface area contributed by atoms with Crippen molar-refractivity contribution in [2.75, 3.05) is 84.3 Å². The number of aldehydes is 1. The van der Waals surface area contributed by atoms with Crippen LogP contribution in [0.3, 0.4) is 0 Å². The number of anilines is 3. The van der Waals surface area contributed by atoms with E-state index in [4.69, 9.17) is 19.0 Å². The maximum Gasteiger partial charge on any atom is 0.418 e. The summed E-state index contributed by atoms with van der Waals surface area (Å²) in [5, 5.41) is 7.04. The number of piperidine rings is 3. The number of fused-ring (bicyclic) bond motifs is 1. The second-order valence-corrected chi connectivity index (χ2v) is 15.0. The zero-order valence-electron chi connectivity index (χ0n) is 35.6. The summed E-state index contributed by atoms with van der Waals surface area (Å²) in [7, 11) is 7.19. The van der Waals surface area contributed by atoms with Gasteiger partial charge in [-0.1, -0.05) is 19.4 Å². The Morgan fingerprint density at radius 2 is 1.48 bits per heavy atom. The van der Waals surface area contributed by atoms with Crippen LogP contribution in [0.2, 0.25) is 0 Å². The van der Waals surface area contributed by atoms with Crippen LogP contribution in [0, 0.1) is 5.92 Å². The zero-order chi connectivity index (χ0) is 43.5. The first-order valence-corrected chi connectivity index (χ1v) is 20.7. The van der Waals surface area contributed by atoms with Gasteiger partial charge in [0.25, 0.3) is 0 Å². The van der Waals surface area contributed by atoms with E-state index in [9.17, 15) is 18.0 Å². The van der Waals surface area contributed by atoms with Crippen molar-refractivity contribution >= 4 is 40.7 Å². The molecule has 3 fully saturated rings. The van der Waals surface area contributed by atoms with Crippen molar-refractivity contribution in [2.45, 2.75) is 64.1 Å². The lowest BCUT2D eigenvalue weighted by Gasteiger charge is -2.35. The summed E-state index contributed by atoms with van der Waals surface area (Å²) >= 11 is 0. The van der Waals surface area contributed by atoms with Crippen molar-refractivity contribution < 1.29 is 37.0 Å². The molecule has 1 aromatic heterocycles. The SMILES string of the molecule is CCN1CCC(C=O)CC1.CN1CCCCC1.CNC1CCN(c2ccc(Nc3cccc(Oc4ccnc5cc(OC)c(OC)cc45)c3)cc2C(F)(F)F)CC1.NC=O. The summed E-state index contributed by atoms with van der Waals surface area (Å²) in [6.07, 6.45) is 6.51. The van der Waals surface area contributed by atoms with Gasteiger partial charge in [0.15, 0.2) is 11.5 Å². The Labute approximate surface area is 352 Å². The molecular formula is C45H62F3N7O5. The number of carbonyl (C=O) groups excluding carboxylic acids is 2.